The summed E-state index contributed by atoms with van der Waals surface area (Å²) in [5.74, 6) is -4.19. The molecule has 0 bridgehead atoms. The molecule has 2 N–H and O–H groups in total. The third kappa shape index (κ3) is 5.81. The van der Waals surface area contributed by atoms with Gasteiger partial charge in [-0.3, -0.25) is 9.59 Å². The molecule has 2 aromatic rings. The predicted octanol–water partition coefficient (Wildman–Crippen LogP) is 2.64. The Kier molecular flexibility index (Phi) is 7.88. The van der Waals surface area contributed by atoms with Crippen LogP contribution < -0.4 is 5.32 Å². The van der Waals surface area contributed by atoms with Crippen molar-refractivity contribution in [1.82, 2.24) is 0 Å². The van der Waals surface area contributed by atoms with Gasteiger partial charge < -0.3 is 19.9 Å². The molecule has 1 amide bonds. The maximum Gasteiger partial charge on any atom is 0.340 e. The molecule has 0 saturated carbocycles. The van der Waals surface area contributed by atoms with E-state index in [2.05, 4.69) is 25.0 Å². The largest absolute Gasteiger partial charge is 0.478 e. The van der Waals surface area contributed by atoms with Crippen molar-refractivity contribution in [3.05, 3.63) is 59.2 Å². The summed E-state index contributed by atoms with van der Waals surface area (Å²) in [6.45, 7) is 1.11. The first kappa shape index (κ1) is 23.9. The van der Waals surface area contributed by atoms with E-state index in [9.17, 15) is 24.0 Å². The van der Waals surface area contributed by atoms with Crippen molar-refractivity contribution < 1.29 is 38.6 Å². The molecule has 0 aromatic heterocycles. The van der Waals surface area contributed by atoms with Crippen LogP contribution in [-0.2, 0) is 19.1 Å². The van der Waals surface area contributed by atoms with Gasteiger partial charge in [-0.25, -0.2) is 14.4 Å². The van der Waals surface area contributed by atoms with Crippen molar-refractivity contribution in [2.24, 2.45) is 10.2 Å². The smallest absolute Gasteiger partial charge is 0.340 e. The fourth-order valence-electron chi connectivity index (χ4n) is 2.52. The molecule has 166 valence electrons. The molecule has 1 unspecified atom stereocenters. The molecule has 2 aromatic carbocycles. The highest BCUT2D eigenvalue weighted by Crippen LogP contribution is 2.24. The first-order valence-electron chi connectivity index (χ1n) is 9.04. The van der Waals surface area contributed by atoms with E-state index in [1.54, 1.807) is 0 Å². The highest BCUT2D eigenvalue weighted by Gasteiger charge is 2.24. The first-order valence-corrected chi connectivity index (χ1v) is 9.04. The normalized spacial score (nSPS) is 11.5. The number of nitrogens with one attached hydrogen (secondary N) is 1. The van der Waals surface area contributed by atoms with Crippen molar-refractivity contribution in [1.29, 1.82) is 0 Å². The van der Waals surface area contributed by atoms with Crippen molar-refractivity contribution in [3.63, 3.8) is 0 Å². The highest BCUT2D eigenvalue weighted by atomic mass is 16.5. The van der Waals surface area contributed by atoms with Crippen LogP contribution in [0.15, 0.2) is 52.7 Å². The number of carboxylic acids is 1. The van der Waals surface area contributed by atoms with Crippen LogP contribution in [0.2, 0.25) is 0 Å². The zero-order valence-corrected chi connectivity index (χ0v) is 17.3. The molecule has 0 aliphatic carbocycles. The zero-order chi connectivity index (χ0) is 23.8. The minimum atomic E-state index is -1.60. The van der Waals surface area contributed by atoms with Gasteiger partial charge in [0.25, 0.3) is 5.91 Å². The Bertz CT molecular complexity index is 1110. The van der Waals surface area contributed by atoms with Gasteiger partial charge in [0.05, 0.1) is 30.9 Å². The Morgan fingerprint density at radius 2 is 1.62 bits per heavy atom. The summed E-state index contributed by atoms with van der Waals surface area (Å²) in [6.07, 6.45) is 0. The number of amides is 1. The molecule has 1 atom stereocenters. The number of carbonyl (C=O) groups excluding carboxylic acids is 4. The number of ketones is 1. The van der Waals surface area contributed by atoms with E-state index < -0.39 is 35.6 Å². The van der Waals surface area contributed by atoms with E-state index >= 15 is 0 Å². The van der Waals surface area contributed by atoms with Crippen molar-refractivity contribution in [2.75, 3.05) is 19.5 Å². The zero-order valence-electron chi connectivity index (χ0n) is 17.3. The Balaban J connectivity index is 2.37. The summed E-state index contributed by atoms with van der Waals surface area (Å²) in [4.78, 5) is 59.4. The summed E-state index contributed by atoms with van der Waals surface area (Å²) in [5, 5.41) is 19.0. The molecule has 0 heterocycles. The van der Waals surface area contributed by atoms with Gasteiger partial charge in [-0.1, -0.05) is 6.07 Å². The summed E-state index contributed by atoms with van der Waals surface area (Å²) in [6, 6.07) is 7.60. The van der Waals surface area contributed by atoms with E-state index in [4.69, 9.17) is 5.11 Å². The lowest BCUT2D eigenvalue weighted by molar-refractivity contribution is -0.126. The number of azo groups is 1. The number of anilines is 1. The Hall–Kier alpha value is -4.41. The first-order chi connectivity index (χ1) is 15.2. The predicted molar refractivity (Wildman–Crippen MR) is 110 cm³/mol. The number of carboxylic acid groups (broad SMARTS) is 1. The second-order valence-corrected chi connectivity index (χ2v) is 6.32. The fourth-order valence-corrected chi connectivity index (χ4v) is 2.52. The van der Waals surface area contributed by atoms with Crippen LogP contribution in [0.5, 0.6) is 0 Å². The molecular formula is C21H19N3O8. The molecule has 0 saturated heterocycles. The fraction of sp³-hybridized carbons (Fsp3) is 0.190. The Labute approximate surface area is 182 Å². The second kappa shape index (κ2) is 10.6. The van der Waals surface area contributed by atoms with E-state index in [1.807, 2.05) is 0 Å². The quantitative estimate of drug-likeness (QED) is 0.359. The molecule has 11 nitrogen and oxygen atoms in total. The lowest BCUT2D eigenvalue weighted by Crippen LogP contribution is -2.31. The number of carbonyl (C=O) groups is 5. The number of nitrogens with zero attached hydrogens (tertiary/aromatic N) is 2. The van der Waals surface area contributed by atoms with Gasteiger partial charge in [0.2, 0.25) is 6.04 Å². The molecule has 32 heavy (non-hydrogen) atoms. The summed E-state index contributed by atoms with van der Waals surface area (Å²) < 4.78 is 9.29. The number of methoxy groups -OCH3 is 2. The number of aromatic carboxylic acids is 1. The lowest BCUT2D eigenvalue weighted by Gasteiger charge is -2.10. The molecule has 0 aliphatic heterocycles. The summed E-state index contributed by atoms with van der Waals surface area (Å²) >= 11 is 0. The van der Waals surface area contributed by atoms with Gasteiger partial charge in [-0.05, 0) is 43.3 Å². The number of ether oxygens (including phenoxy) is 2. The summed E-state index contributed by atoms with van der Waals surface area (Å²) in [7, 11) is 2.32. The van der Waals surface area contributed by atoms with Crippen molar-refractivity contribution in [3.8, 4) is 0 Å². The van der Waals surface area contributed by atoms with Gasteiger partial charge in [-0.15, -0.1) is 0 Å². The number of hydrogen-bond donors (Lipinski definition) is 2. The third-order valence-corrected chi connectivity index (χ3v) is 4.12. The van der Waals surface area contributed by atoms with Crippen LogP contribution in [0.4, 0.5) is 11.4 Å². The monoisotopic (exact) mass is 441 g/mol. The van der Waals surface area contributed by atoms with Crippen molar-refractivity contribution in [2.45, 2.75) is 13.0 Å². The summed E-state index contributed by atoms with van der Waals surface area (Å²) in [5.41, 5.74) is -0.0405. The van der Waals surface area contributed by atoms with Gasteiger partial charge >= 0.3 is 17.9 Å². The Morgan fingerprint density at radius 1 is 0.938 bits per heavy atom. The van der Waals surface area contributed by atoms with E-state index in [0.717, 1.165) is 14.0 Å². The molecule has 0 radical (unpaired) electrons. The maximum absolute atomic E-state index is 12.6. The van der Waals surface area contributed by atoms with Crippen molar-refractivity contribution >= 4 is 41.0 Å². The van der Waals surface area contributed by atoms with Gasteiger partial charge in [0.15, 0.2) is 5.78 Å². The highest BCUT2D eigenvalue weighted by molar-refractivity contribution is 6.10. The van der Waals surface area contributed by atoms with Crippen LogP contribution in [0.25, 0.3) is 0 Å². The second-order valence-electron chi connectivity index (χ2n) is 6.32. The average Bonchev–Trinajstić information content (AvgIpc) is 2.77. The number of benzene rings is 2. The standard InChI is InChI=1S/C21H19N3O8/c1-11(25)17(18(26)22-14-6-4-5-12(9-14)19(27)28)24-23-16-10-13(20(29)31-2)7-8-15(16)21(30)32-3/h4-10,17H,1-3H3,(H,22,26)(H,27,28). The van der Waals surface area contributed by atoms with Gasteiger partial charge in [-0.2, -0.15) is 10.2 Å². The van der Waals surface area contributed by atoms with Crippen LogP contribution in [-0.4, -0.2) is 55.0 Å². The number of esters is 2. The van der Waals surface area contributed by atoms with Crippen LogP contribution in [0.1, 0.15) is 38.0 Å². The van der Waals surface area contributed by atoms with E-state index in [1.165, 1.54) is 49.6 Å². The Morgan fingerprint density at radius 3 is 2.22 bits per heavy atom. The van der Waals surface area contributed by atoms with E-state index in [0.29, 0.717) is 0 Å². The SMILES string of the molecule is COC(=O)c1ccc(C(=O)OC)c(N=NC(C(C)=O)C(=O)Nc2cccc(C(=O)O)c2)c1. The lowest BCUT2D eigenvalue weighted by atomic mass is 10.1. The third-order valence-electron chi connectivity index (χ3n) is 4.12. The molecule has 0 fully saturated rings. The topological polar surface area (TPSA) is 161 Å². The average molecular weight is 441 g/mol. The maximum atomic E-state index is 12.6. The molecule has 2 rings (SSSR count). The number of Topliss-reactive ketones (excluding diaryl/α,β-unsaturated/α-hetero) is 1. The molecule has 11 heteroatoms. The number of rotatable bonds is 8. The minimum absolute atomic E-state index is 0.0548. The van der Waals surface area contributed by atoms with Crippen LogP contribution >= 0.6 is 0 Å². The van der Waals surface area contributed by atoms with E-state index in [-0.39, 0.29) is 28.1 Å². The minimum Gasteiger partial charge on any atom is -0.478 e. The molecule has 0 aliphatic rings. The number of hydrogen-bond acceptors (Lipinski definition) is 9. The molecule has 0 spiro atoms. The van der Waals surface area contributed by atoms with Gasteiger partial charge in [0, 0.05) is 5.69 Å². The molecular weight excluding hydrogens is 422 g/mol. The van der Waals surface area contributed by atoms with Crippen LogP contribution in [0.3, 0.4) is 0 Å². The van der Waals surface area contributed by atoms with Gasteiger partial charge in [0.1, 0.15) is 5.69 Å². The van der Waals surface area contributed by atoms with Crippen LogP contribution in [0, 0.1) is 0 Å².